The number of esters is 1. The van der Waals surface area contributed by atoms with Crippen molar-refractivity contribution in [3.8, 4) is 0 Å². The van der Waals surface area contributed by atoms with Gasteiger partial charge in [-0.1, -0.05) is 0 Å². The standard InChI is InChI=1S/C13H15BrN2O3/c1-19-13(18)10-4-2-3-7-16(10)12(17)9-5-6-15-11(14)8-9/h5-6,8,10H,2-4,7H2,1H3/t10-/m1/s1. The number of nitrogens with zero attached hydrogens (tertiary/aromatic N) is 2. The maximum Gasteiger partial charge on any atom is 0.328 e. The van der Waals surface area contributed by atoms with Gasteiger partial charge in [0, 0.05) is 18.3 Å². The predicted octanol–water partition coefficient (Wildman–Crippen LogP) is 2.01. The minimum Gasteiger partial charge on any atom is -0.467 e. The monoisotopic (exact) mass is 326 g/mol. The maximum atomic E-state index is 12.5. The van der Waals surface area contributed by atoms with Crippen LogP contribution in [0.15, 0.2) is 22.9 Å². The maximum absolute atomic E-state index is 12.5. The smallest absolute Gasteiger partial charge is 0.328 e. The molecule has 0 saturated carbocycles. The van der Waals surface area contributed by atoms with Crippen molar-refractivity contribution in [2.45, 2.75) is 25.3 Å². The van der Waals surface area contributed by atoms with E-state index in [0.29, 0.717) is 23.1 Å². The largest absolute Gasteiger partial charge is 0.467 e. The lowest BCUT2D eigenvalue weighted by Gasteiger charge is -2.33. The molecule has 1 fully saturated rings. The van der Waals surface area contributed by atoms with Gasteiger partial charge in [0.25, 0.3) is 5.91 Å². The molecule has 19 heavy (non-hydrogen) atoms. The molecule has 0 unspecified atom stereocenters. The molecular formula is C13H15BrN2O3. The number of halogens is 1. The van der Waals surface area contributed by atoms with Gasteiger partial charge in [0.1, 0.15) is 10.6 Å². The molecule has 0 aromatic carbocycles. The number of methoxy groups -OCH3 is 1. The molecule has 1 aliphatic rings. The Morgan fingerprint density at radius 3 is 2.95 bits per heavy atom. The molecule has 102 valence electrons. The molecule has 6 heteroatoms. The molecule has 0 spiro atoms. The quantitative estimate of drug-likeness (QED) is 0.616. The van der Waals surface area contributed by atoms with E-state index in [2.05, 4.69) is 20.9 Å². The van der Waals surface area contributed by atoms with E-state index in [4.69, 9.17) is 4.74 Å². The minimum atomic E-state index is -0.474. The van der Waals surface area contributed by atoms with Crippen LogP contribution in [0.25, 0.3) is 0 Å². The highest BCUT2D eigenvalue weighted by Gasteiger charge is 2.33. The van der Waals surface area contributed by atoms with Gasteiger partial charge in [-0.05, 0) is 47.3 Å². The molecule has 0 N–H and O–H groups in total. The van der Waals surface area contributed by atoms with Crippen LogP contribution in [-0.4, -0.2) is 41.5 Å². The third kappa shape index (κ3) is 3.12. The van der Waals surface area contributed by atoms with E-state index >= 15 is 0 Å². The molecule has 0 aliphatic carbocycles. The zero-order valence-corrected chi connectivity index (χ0v) is 12.2. The van der Waals surface area contributed by atoms with Crippen LogP contribution in [0.2, 0.25) is 0 Å². The Labute approximate surface area is 120 Å². The summed E-state index contributed by atoms with van der Waals surface area (Å²) >= 11 is 3.24. The van der Waals surface area contributed by atoms with Crippen LogP contribution < -0.4 is 0 Å². The second kappa shape index (κ2) is 6.14. The summed E-state index contributed by atoms with van der Waals surface area (Å²) in [5.74, 6) is -0.501. The van der Waals surface area contributed by atoms with Gasteiger partial charge in [0.15, 0.2) is 0 Å². The van der Waals surface area contributed by atoms with E-state index < -0.39 is 6.04 Å². The number of carbonyl (C=O) groups excluding carboxylic acids is 2. The van der Waals surface area contributed by atoms with Gasteiger partial charge >= 0.3 is 5.97 Å². The fraction of sp³-hybridized carbons (Fsp3) is 0.462. The topological polar surface area (TPSA) is 59.5 Å². The fourth-order valence-electron chi connectivity index (χ4n) is 2.26. The molecule has 1 aromatic rings. The number of carbonyl (C=O) groups is 2. The minimum absolute atomic E-state index is 0.154. The third-order valence-corrected chi connectivity index (χ3v) is 3.64. The highest BCUT2D eigenvalue weighted by Crippen LogP contribution is 2.21. The lowest BCUT2D eigenvalue weighted by atomic mass is 10.0. The first kappa shape index (κ1) is 14.0. The highest BCUT2D eigenvalue weighted by molar-refractivity contribution is 9.10. The number of hydrogen-bond donors (Lipinski definition) is 0. The van der Waals surface area contributed by atoms with Crippen molar-refractivity contribution in [2.24, 2.45) is 0 Å². The van der Waals surface area contributed by atoms with Gasteiger partial charge in [-0.15, -0.1) is 0 Å². The number of amides is 1. The number of likely N-dealkylation sites (tertiary alicyclic amines) is 1. The van der Waals surface area contributed by atoms with Crippen molar-refractivity contribution in [3.05, 3.63) is 28.5 Å². The van der Waals surface area contributed by atoms with Crippen LogP contribution in [0.5, 0.6) is 0 Å². The summed E-state index contributed by atoms with van der Waals surface area (Å²) in [7, 11) is 1.35. The van der Waals surface area contributed by atoms with Gasteiger partial charge in [-0.2, -0.15) is 0 Å². The third-order valence-electron chi connectivity index (χ3n) is 3.21. The predicted molar refractivity (Wildman–Crippen MR) is 72.6 cm³/mol. The molecule has 0 radical (unpaired) electrons. The lowest BCUT2D eigenvalue weighted by Crippen LogP contribution is -2.48. The fourth-order valence-corrected chi connectivity index (χ4v) is 2.62. The Morgan fingerprint density at radius 2 is 2.26 bits per heavy atom. The summed E-state index contributed by atoms with van der Waals surface area (Å²) in [6, 6.07) is 2.83. The Kier molecular flexibility index (Phi) is 4.52. The summed E-state index contributed by atoms with van der Waals surface area (Å²) in [5, 5.41) is 0. The average molecular weight is 327 g/mol. The zero-order chi connectivity index (χ0) is 13.8. The van der Waals surface area contributed by atoms with E-state index in [1.165, 1.54) is 7.11 Å². The van der Waals surface area contributed by atoms with Crippen LogP contribution >= 0.6 is 15.9 Å². The Hall–Kier alpha value is -1.43. The summed E-state index contributed by atoms with van der Waals surface area (Å²) in [4.78, 5) is 29.8. The van der Waals surface area contributed by atoms with Crippen molar-refractivity contribution in [3.63, 3.8) is 0 Å². The normalized spacial score (nSPS) is 19.1. The average Bonchev–Trinajstić information content (AvgIpc) is 2.45. The number of pyridine rings is 1. The van der Waals surface area contributed by atoms with Crippen molar-refractivity contribution in [1.29, 1.82) is 0 Å². The molecule has 1 atom stereocenters. The van der Waals surface area contributed by atoms with Gasteiger partial charge < -0.3 is 9.64 Å². The number of hydrogen-bond acceptors (Lipinski definition) is 4. The summed E-state index contributed by atoms with van der Waals surface area (Å²) in [6.45, 7) is 0.582. The van der Waals surface area contributed by atoms with Crippen molar-refractivity contribution in [2.75, 3.05) is 13.7 Å². The summed E-state index contributed by atoms with van der Waals surface area (Å²) in [5.41, 5.74) is 0.526. The van der Waals surface area contributed by atoms with Gasteiger partial charge in [0.05, 0.1) is 7.11 Å². The molecule has 1 aromatic heterocycles. The molecular weight excluding hydrogens is 312 g/mol. The van der Waals surface area contributed by atoms with Gasteiger partial charge in [-0.25, -0.2) is 9.78 Å². The second-order valence-electron chi connectivity index (χ2n) is 4.40. The van der Waals surface area contributed by atoms with Gasteiger partial charge in [0.2, 0.25) is 0 Å². The number of aromatic nitrogens is 1. The molecule has 2 rings (SSSR count). The molecule has 5 nitrogen and oxygen atoms in total. The zero-order valence-electron chi connectivity index (χ0n) is 10.6. The van der Waals surface area contributed by atoms with Crippen LogP contribution in [0.1, 0.15) is 29.6 Å². The summed E-state index contributed by atoms with van der Waals surface area (Å²) < 4.78 is 5.38. The molecule has 1 saturated heterocycles. The Balaban J connectivity index is 2.22. The van der Waals surface area contributed by atoms with E-state index in [1.807, 2.05) is 0 Å². The van der Waals surface area contributed by atoms with Crippen LogP contribution in [0.4, 0.5) is 0 Å². The first-order valence-corrected chi connectivity index (χ1v) is 6.93. The number of rotatable bonds is 2. The van der Waals surface area contributed by atoms with Crippen LogP contribution in [0, 0.1) is 0 Å². The number of piperidine rings is 1. The van der Waals surface area contributed by atoms with E-state index in [0.717, 1.165) is 12.8 Å². The van der Waals surface area contributed by atoms with Crippen molar-refractivity contribution in [1.82, 2.24) is 9.88 Å². The lowest BCUT2D eigenvalue weighted by molar-refractivity contribution is -0.147. The molecule has 0 bridgehead atoms. The highest BCUT2D eigenvalue weighted by atomic mass is 79.9. The summed E-state index contributed by atoms with van der Waals surface area (Å²) in [6.07, 6.45) is 4.06. The van der Waals surface area contributed by atoms with Crippen molar-refractivity contribution < 1.29 is 14.3 Å². The Bertz CT molecular complexity index is 493. The van der Waals surface area contributed by atoms with Crippen LogP contribution in [-0.2, 0) is 9.53 Å². The molecule has 1 amide bonds. The van der Waals surface area contributed by atoms with Gasteiger partial charge in [-0.3, -0.25) is 4.79 Å². The van der Waals surface area contributed by atoms with E-state index in [-0.39, 0.29) is 11.9 Å². The first-order chi connectivity index (χ1) is 9.13. The Morgan fingerprint density at radius 1 is 1.47 bits per heavy atom. The number of ether oxygens (including phenoxy) is 1. The first-order valence-electron chi connectivity index (χ1n) is 6.14. The SMILES string of the molecule is COC(=O)[C@H]1CCCCN1C(=O)c1ccnc(Br)c1. The van der Waals surface area contributed by atoms with Crippen LogP contribution in [0.3, 0.4) is 0 Å². The van der Waals surface area contributed by atoms with E-state index in [1.54, 1.807) is 23.2 Å². The van der Waals surface area contributed by atoms with Crippen molar-refractivity contribution >= 4 is 27.8 Å². The molecule has 2 heterocycles. The molecule has 1 aliphatic heterocycles. The van der Waals surface area contributed by atoms with E-state index in [9.17, 15) is 9.59 Å². The second-order valence-corrected chi connectivity index (χ2v) is 5.21.